The van der Waals surface area contributed by atoms with Crippen molar-refractivity contribution < 1.29 is 24.0 Å². The molecule has 1 aromatic heterocycles. The van der Waals surface area contributed by atoms with Gasteiger partial charge in [-0.1, -0.05) is 12.1 Å². The summed E-state index contributed by atoms with van der Waals surface area (Å²) in [5.41, 5.74) is 1.19. The zero-order valence-electron chi connectivity index (χ0n) is 17.8. The molecule has 1 heterocycles. The van der Waals surface area contributed by atoms with Crippen LogP contribution >= 0.6 is 0 Å². The normalized spacial score (nSPS) is 11.0. The number of amides is 2. The fraction of sp³-hybridized carbons (Fsp3) is 0.227. The summed E-state index contributed by atoms with van der Waals surface area (Å²) in [5, 5.41) is 24.8. The first kappa shape index (κ1) is 22.8. The van der Waals surface area contributed by atoms with Crippen molar-refractivity contribution in [3.63, 3.8) is 0 Å². The maximum Gasteiger partial charge on any atom is 0.313 e. The Morgan fingerprint density at radius 2 is 1.91 bits per heavy atom. The average Bonchev–Trinajstić information content (AvgIpc) is 3.28. The zero-order valence-corrected chi connectivity index (χ0v) is 17.8. The van der Waals surface area contributed by atoms with Crippen LogP contribution in [-0.4, -0.2) is 34.7 Å². The summed E-state index contributed by atoms with van der Waals surface area (Å²) in [6.45, 7) is 3.54. The largest absolute Gasteiger partial charge is 0.733 e. The van der Waals surface area contributed by atoms with E-state index in [1.807, 2.05) is 0 Å². The Kier molecular flexibility index (Phi) is 6.76. The van der Waals surface area contributed by atoms with Gasteiger partial charge in [0.25, 0.3) is 0 Å². The van der Waals surface area contributed by atoms with E-state index in [1.54, 1.807) is 50.4 Å². The Labute approximate surface area is 184 Å². The summed E-state index contributed by atoms with van der Waals surface area (Å²) < 4.78 is 10.6. The predicted molar refractivity (Wildman–Crippen MR) is 117 cm³/mol. The molecule has 3 aromatic rings. The van der Waals surface area contributed by atoms with Crippen LogP contribution in [0.2, 0.25) is 0 Å². The quantitative estimate of drug-likeness (QED) is 0.377. The first-order chi connectivity index (χ1) is 15.2. The van der Waals surface area contributed by atoms with Gasteiger partial charge in [-0.2, -0.15) is 0 Å². The molecule has 3 N–H and O–H groups in total. The minimum atomic E-state index is -0.829. The lowest BCUT2D eigenvalue weighted by Crippen LogP contribution is -2.49. The summed E-state index contributed by atoms with van der Waals surface area (Å²) in [6, 6.07) is 11.1. The average molecular weight is 439 g/mol. The van der Waals surface area contributed by atoms with E-state index in [1.165, 1.54) is 25.6 Å². The summed E-state index contributed by atoms with van der Waals surface area (Å²) in [6.07, 6.45) is 3.24. The third-order valence-corrected chi connectivity index (χ3v) is 4.62. The van der Waals surface area contributed by atoms with Crippen molar-refractivity contribution in [2.24, 2.45) is 0 Å². The van der Waals surface area contributed by atoms with Gasteiger partial charge in [-0.25, -0.2) is 4.98 Å². The molecule has 168 valence electrons. The SMILES string of the molecule is COc1cc(NC(=O)C(=O)NC(C)(C)Cc2ccc(N([O-])O)cc2)ccc1-c1cnco1. The smallest absolute Gasteiger partial charge is 0.313 e. The fourth-order valence-corrected chi connectivity index (χ4v) is 3.17. The predicted octanol–water partition coefficient (Wildman–Crippen LogP) is 3.12. The highest BCUT2D eigenvalue weighted by atomic mass is 16.8. The standard InChI is InChI=1S/C22H23N4O6/c1-22(2,11-14-4-7-16(8-5-14)26(29)30)25-21(28)20(27)24-15-6-9-17(18(10-15)31-3)19-12-23-13-32-19/h4-10,12-13,29H,11H2,1-3H3,(H,24,27)(H,25,28)/q-1. The van der Waals surface area contributed by atoms with Crippen molar-refractivity contribution in [2.75, 3.05) is 17.7 Å². The van der Waals surface area contributed by atoms with Crippen LogP contribution in [0.3, 0.4) is 0 Å². The second kappa shape index (κ2) is 9.50. The van der Waals surface area contributed by atoms with Crippen LogP contribution in [0.25, 0.3) is 11.3 Å². The van der Waals surface area contributed by atoms with E-state index in [2.05, 4.69) is 15.6 Å². The first-order valence-corrected chi connectivity index (χ1v) is 9.64. The van der Waals surface area contributed by atoms with E-state index in [0.29, 0.717) is 29.2 Å². The Morgan fingerprint density at radius 3 is 2.50 bits per heavy atom. The molecule has 0 aliphatic heterocycles. The highest BCUT2D eigenvalue weighted by Gasteiger charge is 2.25. The molecule has 32 heavy (non-hydrogen) atoms. The topological polar surface area (TPSA) is 140 Å². The first-order valence-electron chi connectivity index (χ1n) is 9.64. The molecular formula is C22H23N4O6-. The minimum absolute atomic E-state index is 0.0970. The van der Waals surface area contributed by atoms with Crippen molar-refractivity contribution in [3.05, 3.63) is 65.8 Å². The van der Waals surface area contributed by atoms with Crippen LogP contribution in [0, 0.1) is 5.21 Å². The molecule has 2 amide bonds. The highest BCUT2D eigenvalue weighted by Crippen LogP contribution is 2.32. The molecule has 0 aliphatic carbocycles. The van der Waals surface area contributed by atoms with Gasteiger partial charge in [-0.05, 0) is 50.1 Å². The van der Waals surface area contributed by atoms with E-state index >= 15 is 0 Å². The van der Waals surface area contributed by atoms with Gasteiger partial charge in [0, 0.05) is 17.3 Å². The molecule has 2 aromatic carbocycles. The molecule has 0 saturated carbocycles. The van der Waals surface area contributed by atoms with E-state index in [-0.39, 0.29) is 10.9 Å². The van der Waals surface area contributed by atoms with Gasteiger partial charge in [0.15, 0.2) is 12.2 Å². The van der Waals surface area contributed by atoms with Crippen LogP contribution in [0.1, 0.15) is 19.4 Å². The molecule has 0 aliphatic rings. The van der Waals surface area contributed by atoms with Crippen molar-refractivity contribution in [1.29, 1.82) is 0 Å². The molecule has 10 heteroatoms. The van der Waals surface area contributed by atoms with Crippen molar-refractivity contribution in [2.45, 2.75) is 25.8 Å². The van der Waals surface area contributed by atoms with E-state index in [9.17, 15) is 14.8 Å². The van der Waals surface area contributed by atoms with Crippen molar-refractivity contribution >= 4 is 23.2 Å². The van der Waals surface area contributed by atoms with E-state index < -0.39 is 17.4 Å². The lowest BCUT2D eigenvalue weighted by molar-refractivity contribution is -0.137. The number of anilines is 2. The fourth-order valence-electron chi connectivity index (χ4n) is 3.17. The number of carbonyl (C=O) groups excluding carboxylic acids is 2. The Hall–Kier alpha value is -3.89. The number of benzene rings is 2. The number of aromatic nitrogens is 1. The lowest BCUT2D eigenvalue weighted by Gasteiger charge is -2.27. The number of nitrogens with one attached hydrogen (secondary N) is 2. The number of nitrogens with zero attached hydrogens (tertiary/aromatic N) is 2. The third-order valence-electron chi connectivity index (χ3n) is 4.62. The minimum Gasteiger partial charge on any atom is -0.733 e. The molecule has 10 nitrogen and oxygen atoms in total. The molecule has 0 saturated heterocycles. The summed E-state index contributed by atoms with van der Waals surface area (Å²) in [4.78, 5) is 28.7. The Balaban J connectivity index is 1.63. The number of hydrogen-bond acceptors (Lipinski definition) is 8. The van der Waals surface area contributed by atoms with Gasteiger partial charge in [-0.3, -0.25) is 14.8 Å². The number of ether oxygens (including phenoxy) is 1. The molecule has 0 atom stereocenters. The maximum atomic E-state index is 12.4. The zero-order chi connectivity index (χ0) is 23.3. The number of carbonyl (C=O) groups is 2. The van der Waals surface area contributed by atoms with E-state index in [4.69, 9.17) is 14.4 Å². The molecule has 0 fully saturated rings. The van der Waals surface area contributed by atoms with Crippen LogP contribution < -0.4 is 20.6 Å². The number of rotatable bonds is 7. The lowest BCUT2D eigenvalue weighted by atomic mass is 9.94. The van der Waals surface area contributed by atoms with Crippen LogP contribution in [-0.2, 0) is 16.0 Å². The summed E-state index contributed by atoms with van der Waals surface area (Å²) in [5.74, 6) is -0.673. The molecule has 3 rings (SSSR count). The monoisotopic (exact) mass is 439 g/mol. The van der Waals surface area contributed by atoms with Gasteiger partial charge in [0.1, 0.15) is 5.75 Å². The van der Waals surface area contributed by atoms with Gasteiger partial charge in [0.05, 0.1) is 24.6 Å². The van der Waals surface area contributed by atoms with Crippen molar-refractivity contribution in [1.82, 2.24) is 10.3 Å². The summed E-state index contributed by atoms with van der Waals surface area (Å²) >= 11 is 0. The third kappa shape index (κ3) is 5.62. The maximum absolute atomic E-state index is 12.4. The van der Waals surface area contributed by atoms with E-state index in [0.717, 1.165) is 5.56 Å². The van der Waals surface area contributed by atoms with Gasteiger partial charge < -0.3 is 30.2 Å². The Morgan fingerprint density at radius 1 is 1.19 bits per heavy atom. The second-order valence-corrected chi connectivity index (χ2v) is 7.69. The van der Waals surface area contributed by atoms with Crippen LogP contribution in [0.15, 0.2) is 59.5 Å². The molecule has 0 spiro atoms. The Bertz CT molecular complexity index is 1080. The number of hydrogen-bond donors (Lipinski definition) is 3. The van der Waals surface area contributed by atoms with Crippen LogP contribution in [0.5, 0.6) is 5.75 Å². The second-order valence-electron chi connectivity index (χ2n) is 7.69. The molecule has 0 radical (unpaired) electrons. The van der Waals surface area contributed by atoms with Gasteiger partial charge >= 0.3 is 11.8 Å². The summed E-state index contributed by atoms with van der Waals surface area (Å²) in [7, 11) is 1.48. The van der Waals surface area contributed by atoms with Gasteiger partial charge in [-0.15, -0.1) is 0 Å². The molecule has 0 bridgehead atoms. The molecule has 0 unspecified atom stereocenters. The van der Waals surface area contributed by atoms with Crippen LogP contribution in [0.4, 0.5) is 11.4 Å². The highest BCUT2D eigenvalue weighted by molar-refractivity contribution is 6.39. The molecular weight excluding hydrogens is 416 g/mol. The number of oxazole rings is 1. The number of methoxy groups -OCH3 is 1. The van der Waals surface area contributed by atoms with Crippen molar-refractivity contribution in [3.8, 4) is 17.1 Å². The van der Waals surface area contributed by atoms with Gasteiger partial charge in [0.2, 0.25) is 0 Å².